The third-order valence-electron chi connectivity index (χ3n) is 2.16. The second kappa shape index (κ2) is 6.60. The molecule has 2 nitrogen and oxygen atoms in total. The van der Waals surface area contributed by atoms with Gasteiger partial charge in [-0.05, 0) is 24.6 Å². The predicted molar refractivity (Wildman–Crippen MR) is 70.6 cm³/mol. The Morgan fingerprint density at radius 2 is 2.12 bits per heavy atom. The third kappa shape index (κ3) is 4.06. The molecule has 0 spiro atoms. The average Bonchev–Trinajstić information content (AvgIpc) is 2.21. The van der Waals surface area contributed by atoms with Gasteiger partial charge in [-0.3, -0.25) is 4.21 Å². The number of benzene rings is 1. The van der Waals surface area contributed by atoms with E-state index in [1.807, 2.05) is 0 Å². The van der Waals surface area contributed by atoms with E-state index < -0.39 is 10.8 Å². The second-order valence-corrected chi connectivity index (χ2v) is 5.94. The molecule has 1 aromatic carbocycles. The molecule has 2 unspecified atom stereocenters. The van der Waals surface area contributed by atoms with Crippen LogP contribution in [0.5, 0.6) is 0 Å². The van der Waals surface area contributed by atoms with Crippen molar-refractivity contribution in [2.75, 3.05) is 5.75 Å². The van der Waals surface area contributed by atoms with Gasteiger partial charge in [0.15, 0.2) is 0 Å². The predicted octanol–water partition coefficient (Wildman–Crippen LogP) is 3.23. The van der Waals surface area contributed by atoms with Crippen LogP contribution >= 0.6 is 23.2 Å². The molecule has 0 saturated carbocycles. The second-order valence-electron chi connectivity index (χ2n) is 3.64. The number of nitrogens with two attached hydrogens (primary N) is 1. The number of rotatable bonds is 5. The highest BCUT2D eigenvalue weighted by Crippen LogP contribution is 2.24. The average molecular weight is 280 g/mol. The highest BCUT2D eigenvalue weighted by molar-refractivity contribution is 7.85. The maximum absolute atomic E-state index is 12.0. The van der Waals surface area contributed by atoms with Crippen molar-refractivity contribution in [1.29, 1.82) is 0 Å². The fourth-order valence-corrected chi connectivity index (χ4v) is 3.28. The van der Waals surface area contributed by atoms with Gasteiger partial charge in [0.05, 0.1) is 20.7 Å². The fraction of sp³-hybridized carbons (Fsp3) is 0.455. The van der Waals surface area contributed by atoms with Gasteiger partial charge in [-0.1, -0.05) is 36.5 Å². The summed E-state index contributed by atoms with van der Waals surface area (Å²) in [4.78, 5) is 0.570. The molecule has 0 fully saturated rings. The maximum Gasteiger partial charge on any atom is 0.0589 e. The van der Waals surface area contributed by atoms with Crippen molar-refractivity contribution in [2.24, 2.45) is 5.73 Å². The lowest BCUT2D eigenvalue weighted by molar-refractivity contribution is 0.638. The lowest BCUT2D eigenvalue weighted by Gasteiger charge is -2.10. The van der Waals surface area contributed by atoms with Gasteiger partial charge in [0.25, 0.3) is 0 Å². The zero-order valence-corrected chi connectivity index (χ0v) is 11.4. The molecule has 90 valence electrons. The molecule has 16 heavy (non-hydrogen) atoms. The van der Waals surface area contributed by atoms with Crippen LogP contribution in [0.25, 0.3) is 0 Å². The van der Waals surface area contributed by atoms with Crippen LogP contribution in [0, 0.1) is 0 Å². The Kier molecular flexibility index (Phi) is 5.76. The smallest absolute Gasteiger partial charge is 0.0589 e. The van der Waals surface area contributed by atoms with Crippen molar-refractivity contribution >= 4 is 34.0 Å². The van der Waals surface area contributed by atoms with Gasteiger partial charge in [-0.15, -0.1) is 0 Å². The van der Waals surface area contributed by atoms with Gasteiger partial charge < -0.3 is 5.73 Å². The summed E-state index contributed by atoms with van der Waals surface area (Å²) >= 11 is 11.8. The number of halogens is 2. The molecule has 0 heterocycles. The van der Waals surface area contributed by atoms with E-state index in [2.05, 4.69) is 6.92 Å². The van der Waals surface area contributed by atoms with Crippen molar-refractivity contribution in [2.45, 2.75) is 30.7 Å². The van der Waals surface area contributed by atoms with E-state index in [-0.39, 0.29) is 6.04 Å². The Morgan fingerprint density at radius 3 is 2.75 bits per heavy atom. The first-order chi connectivity index (χ1) is 7.54. The van der Waals surface area contributed by atoms with E-state index in [0.717, 1.165) is 12.8 Å². The van der Waals surface area contributed by atoms with Crippen LogP contribution < -0.4 is 5.73 Å². The first-order valence-corrected chi connectivity index (χ1v) is 7.21. The molecule has 0 aliphatic rings. The molecule has 5 heteroatoms. The highest BCUT2D eigenvalue weighted by atomic mass is 35.5. The molecule has 0 aliphatic heterocycles. The van der Waals surface area contributed by atoms with E-state index in [4.69, 9.17) is 28.9 Å². The highest BCUT2D eigenvalue weighted by Gasteiger charge is 2.13. The van der Waals surface area contributed by atoms with Gasteiger partial charge in [-0.25, -0.2) is 0 Å². The topological polar surface area (TPSA) is 43.1 Å². The lowest BCUT2D eigenvalue weighted by atomic mass is 10.2. The SMILES string of the molecule is CCCC(N)CS(=O)c1cc(Cl)ccc1Cl. The largest absolute Gasteiger partial charge is 0.327 e. The fourth-order valence-electron chi connectivity index (χ4n) is 1.39. The maximum atomic E-state index is 12.0. The van der Waals surface area contributed by atoms with Crippen molar-refractivity contribution in [3.05, 3.63) is 28.2 Å². The van der Waals surface area contributed by atoms with E-state index in [1.54, 1.807) is 18.2 Å². The van der Waals surface area contributed by atoms with Crippen LogP contribution in [0.3, 0.4) is 0 Å². The van der Waals surface area contributed by atoms with Gasteiger partial charge in [0.2, 0.25) is 0 Å². The van der Waals surface area contributed by atoms with Crippen LogP contribution in [0.4, 0.5) is 0 Å². The van der Waals surface area contributed by atoms with Crippen molar-refractivity contribution in [3.8, 4) is 0 Å². The molecular weight excluding hydrogens is 265 g/mol. The van der Waals surface area contributed by atoms with Gasteiger partial charge in [0, 0.05) is 16.8 Å². The quantitative estimate of drug-likeness (QED) is 0.899. The number of hydrogen-bond acceptors (Lipinski definition) is 2. The molecule has 0 saturated heterocycles. The summed E-state index contributed by atoms with van der Waals surface area (Å²) in [5.41, 5.74) is 5.84. The summed E-state index contributed by atoms with van der Waals surface area (Å²) in [5, 5.41) is 1.02. The Morgan fingerprint density at radius 1 is 1.44 bits per heavy atom. The zero-order valence-electron chi connectivity index (χ0n) is 9.08. The lowest BCUT2D eigenvalue weighted by Crippen LogP contribution is -2.26. The standard InChI is InChI=1S/C11H15Cl2NOS/c1-2-3-9(14)7-16(15)11-6-8(12)4-5-10(11)13/h4-6,9H,2-3,7,14H2,1H3. The van der Waals surface area contributed by atoms with Crippen molar-refractivity contribution in [1.82, 2.24) is 0 Å². The molecule has 0 amide bonds. The first kappa shape index (κ1) is 14.0. The molecular formula is C11H15Cl2NOS. The van der Waals surface area contributed by atoms with Gasteiger partial charge in [0.1, 0.15) is 0 Å². The Labute approximate surface area is 109 Å². The minimum absolute atomic E-state index is 0.0547. The van der Waals surface area contributed by atoms with E-state index in [0.29, 0.717) is 20.7 Å². The normalized spacial score (nSPS) is 14.8. The molecule has 2 atom stereocenters. The first-order valence-electron chi connectivity index (χ1n) is 5.13. The molecule has 0 aliphatic carbocycles. The molecule has 1 rings (SSSR count). The van der Waals surface area contributed by atoms with Crippen molar-refractivity contribution < 1.29 is 4.21 Å². The Balaban J connectivity index is 2.76. The van der Waals surface area contributed by atoms with Crippen LogP contribution in [0.15, 0.2) is 23.1 Å². The van der Waals surface area contributed by atoms with Gasteiger partial charge >= 0.3 is 0 Å². The van der Waals surface area contributed by atoms with E-state index in [9.17, 15) is 4.21 Å². The summed E-state index contributed by atoms with van der Waals surface area (Å²) in [6.45, 7) is 2.05. The van der Waals surface area contributed by atoms with Crippen LogP contribution in [-0.4, -0.2) is 16.0 Å². The molecule has 0 radical (unpaired) electrons. The van der Waals surface area contributed by atoms with Crippen LogP contribution in [-0.2, 0) is 10.8 Å². The van der Waals surface area contributed by atoms with Crippen LogP contribution in [0.1, 0.15) is 19.8 Å². The molecule has 2 N–H and O–H groups in total. The summed E-state index contributed by atoms with van der Waals surface area (Å²) in [7, 11) is -1.18. The number of hydrogen-bond donors (Lipinski definition) is 1. The van der Waals surface area contributed by atoms with Crippen LogP contribution in [0.2, 0.25) is 10.0 Å². The Bertz CT molecular complexity index is 384. The summed E-state index contributed by atoms with van der Waals surface area (Å²) in [5.74, 6) is 0.425. The summed E-state index contributed by atoms with van der Waals surface area (Å²) in [6, 6.07) is 4.92. The van der Waals surface area contributed by atoms with E-state index in [1.165, 1.54) is 0 Å². The minimum atomic E-state index is -1.18. The summed E-state index contributed by atoms with van der Waals surface area (Å²) < 4.78 is 12.0. The molecule has 1 aromatic rings. The monoisotopic (exact) mass is 279 g/mol. The zero-order chi connectivity index (χ0) is 12.1. The molecule has 0 bridgehead atoms. The van der Waals surface area contributed by atoms with Gasteiger partial charge in [-0.2, -0.15) is 0 Å². The summed E-state index contributed by atoms with van der Waals surface area (Å²) in [6.07, 6.45) is 1.85. The Hall–Kier alpha value is -0.0900. The van der Waals surface area contributed by atoms with Crippen molar-refractivity contribution in [3.63, 3.8) is 0 Å². The molecule has 0 aromatic heterocycles. The minimum Gasteiger partial charge on any atom is -0.327 e. The third-order valence-corrected chi connectivity index (χ3v) is 4.40. The van der Waals surface area contributed by atoms with E-state index >= 15 is 0 Å².